The van der Waals surface area contributed by atoms with Gasteiger partial charge >= 0.3 is 0 Å². The van der Waals surface area contributed by atoms with Gasteiger partial charge in [0.1, 0.15) is 5.25 Å². The lowest BCUT2D eigenvalue weighted by Gasteiger charge is -2.17. The van der Waals surface area contributed by atoms with Gasteiger partial charge in [0.15, 0.2) is 22.5 Å². The molecule has 8 heteroatoms. The summed E-state index contributed by atoms with van der Waals surface area (Å²) in [6.07, 6.45) is 2.07. The number of benzene rings is 3. The largest absolute Gasteiger partial charge is 0.454 e. The van der Waals surface area contributed by atoms with E-state index in [0.29, 0.717) is 22.5 Å². The first-order valence-electron chi connectivity index (χ1n) is 11.2. The third kappa shape index (κ3) is 4.12. The first kappa shape index (κ1) is 20.8. The molecule has 170 valence electrons. The summed E-state index contributed by atoms with van der Waals surface area (Å²) in [4.78, 5) is 13.2. The first-order chi connectivity index (χ1) is 16.8. The fraction of sp³-hybridized carbons (Fsp3) is 0.192. The molecule has 6 rings (SSSR count). The minimum absolute atomic E-state index is 0.00839. The van der Waals surface area contributed by atoms with Crippen molar-refractivity contribution in [3.8, 4) is 28.6 Å². The number of hydrogen-bond donors (Lipinski definition) is 1. The predicted molar refractivity (Wildman–Crippen MR) is 129 cm³/mol. The van der Waals surface area contributed by atoms with E-state index in [0.717, 1.165) is 29.7 Å². The molecule has 1 fully saturated rings. The summed E-state index contributed by atoms with van der Waals surface area (Å²) in [7, 11) is 0. The Morgan fingerprint density at radius 1 is 0.941 bits per heavy atom. The number of amides is 1. The number of fused-ring (bicyclic) bond motifs is 1. The Bertz CT molecular complexity index is 1320. The standard InChI is InChI=1S/C26H22N4O3S/c31-25(27-19-12-13-19)23(17-7-3-1-4-8-17)34-26-29-28-24(30(26)20-9-5-2-6-10-20)18-11-14-21-22(15-18)33-16-32-21/h1-11,14-15,19,23H,12-13,16H2,(H,27,31). The SMILES string of the molecule is O=C(NC1CC1)C(Sc1nnc(-c2ccc3c(c2)OCO3)n1-c1ccccc1)c1ccccc1. The quantitative estimate of drug-likeness (QED) is 0.392. The second-order valence-corrected chi connectivity index (χ2v) is 9.31. The number of rotatable bonds is 7. The lowest BCUT2D eigenvalue weighted by atomic mass is 10.1. The lowest BCUT2D eigenvalue weighted by Crippen LogP contribution is -2.29. The molecular weight excluding hydrogens is 448 g/mol. The summed E-state index contributed by atoms with van der Waals surface area (Å²) in [6.45, 7) is 0.208. The Labute approximate surface area is 201 Å². The zero-order valence-electron chi connectivity index (χ0n) is 18.3. The summed E-state index contributed by atoms with van der Waals surface area (Å²) in [5.74, 6) is 2.05. The van der Waals surface area contributed by atoms with E-state index in [1.807, 2.05) is 83.4 Å². The van der Waals surface area contributed by atoms with E-state index in [-0.39, 0.29) is 18.7 Å². The molecule has 2 aliphatic rings. The van der Waals surface area contributed by atoms with Crippen molar-refractivity contribution < 1.29 is 14.3 Å². The monoisotopic (exact) mass is 470 g/mol. The topological polar surface area (TPSA) is 78.3 Å². The number of thioether (sulfide) groups is 1. The number of carbonyl (C=O) groups is 1. The zero-order valence-corrected chi connectivity index (χ0v) is 19.1. The van der Waals surface area contributed by atoms with Crippen LogP contribution in [0.3, 0.4) is 0 Å². The van der Waals surface area contributed by atoms with Crippen molar-refractivity contribution in [1.82, 2.24) is 20.1 Å². The van der Waals surface area contributed by atoms with E-state index in [4.69, 9.17) is 9.47 Å². The molecule has 1 aliphatic carbocycles. The van der Waals surface area contributed by atoms with Gasteiger partial charge in [0.25, 0.3) is 0 Å². The van der Waals surface area contributed by atoms with Gasteiger partial charge in [-0.15, -0.1) is 10.2 Å². The van der Waals surface area contributed by atoms with E-state index in [1.54, 1.807) is 0 Å². The second kappa shape index (κ2) is 8.87. The fourth-order valence-electron chi connectivity index (χ4n) is 3.89. The van der Waals surface area contributed by atoms with Gasteiger partial charge < -0.3 is 14.8 Å². The van der Waals surface area contributed by atoms with Crippen LogP contribution in [0.1, 0.15) is 23.7 Å². The highest BCUT2D eigenvalue weighted by Crippen LogP contribution is 2.40. The second-order valence-electron chi connectivity index (χ2n) is 8.24. The van der Waals surface area contributed by atoms with Crippen molar-refractivity contribution >= 4 is 17.7 Å². The van der Waals surface area contributed by atoms with Gasteiger partial charge in [0, 0.05) is 17.3 Å². The molecular formula is C26H22N4O3S. The number of nitrogens with zero attached hydrogens (tertiary/aromatic N) is 3. The maximum absolute atomic E-state index is 13.2. The van der Waals surface area contributed by atoms with Crippen LogP contribution in [0.5, 0.6) is 11.5 Å². The highest BCUT2D eigenvalue weighted by atomic mass is 32.2. The van der Waals surface area contributed by atoms with Crippen LogP contribution in [-0.4, -0.2) is 33.5 Å². The minimum Gasteiger partial charge on any atom is -0.454 e. The van der Waals surface area contributed by atoms with Gasteiger partial charge in [-0.25, -0.2) is 0 Å². The number of para-hydroxylation sites is 1. The average Bonchev–Trinajstić information content (AvgIpc) is 3.40. The molecule has 0 bridgehead atoms. The Balaban J connectivity index is 1.42. The molecule has 0 radical (unpaired) electrons. The van der Waals surface area contributed by atoms with Gasteiger partial charge in [0.2, 0.25) is 12.7 Å². The average molecular weight is 471 g/mol. The van der Waals surface area contributed by atoms with E-state index >= 15 is 0 Å². The van der Waals surface area contributed by atoms with Crippen LogP contribution in [0.4, 0.5) is 0 Å². The smallest absolute Gasteiger partial charge is 0.238 e. The number of carbonyl (C=O) groups excluding carboxylic acids is 1. The Morgan fingerprint density at radius 2 is 1.68 bits per heavy atom. The van der Waals surface area contributed by atoms with E-state index < -0.39 is 5.25 Å². The van der Waals surface area contributed by atoms with Crippen molar-refractivity contribution in [3.63, 3.8) is 0 Å². The molecule has 0 spiro atoms. The maximum Gasteiger partial charge on any atom is 0.238 e. The summed E-state index contributed by atoms with van der Waals surface area (Å²) in [5.41, 5.74) is 2.70. The van der Waals surface area contributed by atoms with Gasteiger partial charge in [-0.1, -0.05) is 60.3 Å². The molecule has 1 saturated carbocycles. The van der Waals surface area contributed by atoms with Crippen LogP contribution in [-0.2, 0) is 4.79 Å². The third-order valence-electron chi connectivity index (χ3n) is 5.77. The zero-order chi connectivity index (χ0) is 22.9. The van der Waals surface area contributed by atoms with Crippen molar-refractivity contribution in [2.45, 2.75) is 29.3 Å². The van der Waals surface area contributed by atoms with E-state index in [9.17, 15) is 4.79 Å². The molecule has 2 heterocycles. The van der Waals surface area contributed by atoms with Crippen molar-refractivity contribution in [1.29, 1.82) is 0 Å². The van der Waals surface area contributed by atoms with Crippen LogP contribution in [0, 0.1) is 0 Å². The molecule has 34 heavy (non-hydrogen) atoms. The molecule has 1 N–H and O–H groups in total. The van der Waals surface area contributed by atoms with Crippen LogP contribution < -0.4 is 14.8 Å². The molecule has 7 nitrogen and oxygen atoms in total. The molecule has 1 atom stereocenters. The predicted octanol–water partition coefficient (Wildman–Crippen LogP) is 4.78. The summed E-state index contributed by atoms with van der Waals surface area (Å²) < 4.78 is 13.0. The molecule has 1 aliphatic heterocycles. The molecule has 1 aromatic heterocycles. The van der Waals surface area contributed by atoms with E-state index in [2.05, 4.69) is 15.5 Å². The van der Waals surface area contributed by atoms with Crippen LogP contribution in [0.25, 0.3) is 17.1 Å². The summed E-state index contributed by atoms with van der Waals surface area (Å²) in [6, 6.07) is 25.7. The fourth-order valence-corrected chi connectivity index (χ4v) is 4.95. The lowest BCUT2D eigenvalue weighted by molar-refractivity contribution is -0.120. The Hall–Kier alpha value is -3.78. The molecule has 1 unspecified atom stereocenters. The molecule has 1 amide bonds. The number of aromatic nitrogens is 3. The van der Waals surface area contributed by atoms with Crippen LogP contribution >= 0.6 is 11.8 Å². The normalized spacial score (nSPS) is 15.2. The minimum atomic E-state index is -0.446. The molecule has 3 aromatic carbocycles. The molecule has 0 saturated heterocycles. The van der Waals surface area contributed by atoms with Gasteiger partial charge in [-0.3, -0.25) is 9.36 Å². The van der Waals surface area contributed by atoms with Crippen molar-refractivity contribution in [2.75, 3.05) is 6.79 Å². The Kier molecular flexibility index (Phi) is 5.43. The van der Waals surface area contributed by atoms with Gasteiger partial charge in [0.05, 0.1) is 0 Å². The Morgan fingerprint density at radius 3 is 2.44 bits per heavy atom. The maximum atomic E-state index is 13.2. The number of ether oxygens (including phenoxy) is 2. The molecule has 4 aromatic rings. The summed E-state index contributed by atoms with van der Waals surface area (Å²) >= 11 is 1.40. The van der Waals surface area contributed by atoms with Gasteiger partial charge in [-0.2, -0.15) is 0 Å². The van der Waals surface area contributed by atoms with Gasteiger partial charge in [-0.05, 0) is 48.7 Å². The summed E-state index contributed by atoms with van der Waals surface area (Å²) in [5, 5.41) is 12.4. The number of hydrogen-bond acceptors (Lipinski definition) is 6. The van der Waals surface area contributed by atoms with Crippen molar-refractivity contribution in [3.05, 3.63) is 84.4 Å². The van der Waals surface area contributed by atoms with Crippen molar-refractivity contribution in [2.24, 2.45) is 0 Å². The third-order valence-corrected chi connectivity index (χ3v) is 6.96. The van der Waals surface area contributed by atoms with Crippen LogP contribution in [0.2, 0.25) is 0 Å². The highest BCUT2D eigenvalue weighted by molar-refractivity contribution is 8.00. The van der Waals surface area contributed by atoms with E-state index in [1.165, 1.54) is 11.8 Å². The first-order valence-corrected chi connectivity index (χ1v) is 12.1. The van der Waals surface area contributed by atoms with Crippen LogP contribution in [0.15, 0.2) is 84.0 Å². The highest BCUT2D eigenvalue weighted by Gasteiger charge is 2.31. The number of nitrogens with one attached hydrogen (secondary N) is 1.